The van der Waals surface area contributed by atoms with Crippen molar-refractivity contribution in [3.63, 3.8) is 0 Å². The highest BCUT2D eigenvalue weighted by Gasteiger charge is 2.28. The average Bonchev–Trinajstić information content (AvgIpc) is 2.79. The number of carbonyl (C=O) groups is 1. The second-order valence-corrected chi connectivity index (χ2v) is 4.84. The van der Waals surface area contributed by atoms with Gasteiger partial charge in [0.1, 0.15) is 5.56 Å². The molecule has 19 heavy (non-hydrogen) atoms. The van der Waals surface area contributed by atoms with Gasteiger partial charge in [-0.15, -0.1) is 12.4 Å². The molecule has 0 spiro atoms. The molecule has 3 N–H and O–H groups in total. The molecule has 6 heteroatoms. The average molecular weight is 286 g/mol. The fraction of sp³-hybridized carbons (Fsp3) is 0.538. The lowest BCUT2D eigenvalue weighted by Crippen LogP contribution is -2.42. The second kappa shape index (κ2) is 6.73. The molecule has 0 bridgehead atoms. The first-order valence-corrected chi connectivity index (χ1v) is 6.30. The van der Waals surface area contributed by atoms with E-state index < -0.39 is 0 Å². The van der Waals surface area contributed by atoms with Gasteiger partial charge < -0.3 is 15.6 Å². The van der Waals surface area contributed by atoms with Crippen molar-refractivity contribution in [1.82, 2.24) is 9.88 Å². The number of hydrogen-bond donors (Lipinski definition) is 2. The Hall–Kier alpha value is -1.33. The van der Waals surface area contributed by atoms with Gasteiger partial charge in [0.05, 0.1) is 0 Å². The van der Waals surface area contributed by atoms with Crippen molar-refractivity contribution in [1.29, 1.82) is 0 Å². The van der Waals surface area contributed by atoms with Crippen molar-refractivity contribution >= 4 is 18.3 Å². The molecule has 0 saturated heterocycles. The highest BCUT2D eigenvalue weighted by molar-refractivity contribution is 5.94. The van der Waals surface area contributed by atoms with E-state index >= 15 is 0 Å². The Morgan fingerprint density at radius 3 is 2.95 bits per heavy atom. The van der Waals surface area contributed by atoms with Gasteiger partial charge in [0.2, 0.25) is 0 Å². The van der Waals surface area contributed by atoms with E-state index in [1.807, 2.05) is 0 Å². The number of pyridine rings is 1. The smallest absolute Gasteiger partial charge is 0.263 e. The van der Waals surface area contributed by atoms with Gasteiger partial charge in [-0.2, -0.15) is 0 Å². The molecule has 0 aromatic carbocycles. The molecule has 2 atom stereocenters. The van der Waals surface area contributed by atoms with Crippen LogP contribution in [0.2, 0.25) is 0 Å². The number of hydrogen-bond acceptors (Lipinski definition) is 3. The van der Waals surface area contributed by atoms with Crippen LogP contribution in [0.4, 0.5) is 0 Å². The van der Waals surface area contributed by atoms with Crippen LogP contribution in [0.25, 0.3) is 0 Å². The van der Waals surface area contributed by atoms with Gasteiger partial charge in [-0.1, -0.05) is 6.42 Å². The molecular formula is C13H20ClN3O2. The zero-order valence-corrected chi connectivity index (χ0v) is 11.8. The summed E-state index contributed by atoms with van der Waals surface area (Å²) in [5, 5.41) is 2.93. The standard InChI is InChI=1S/C13H19N3O2.ClH/c1-16-7-3-5-10(13(16)18)12(17)15-11-6-2-4-9(11)8-14;/h3,5,7,9,11H,2,4,6,8,14H2,1H3,(H,15,17);1H. The zero-order valence-electron chi connectivity index (χ0n) is 11.0. The van der Waals surface area contributed by atoms with Crippen molar-refractivity contribution in [2.75, 3.05) is 6.54 Å². The van der Waals surface area contributed by atoms with E-state index in [2.05, 4.69) is 5.32 Å². The fourth-order valence-electron chi connectivity index (χ4n) is 2.53. The minimum absolute atomic E-state index is 0. The SMILES string of the molecule is Cl.Cn1cccc(C(=O)NC2CCCC2CN)c1=O. The van der Waals surface area contributed by atoms with E-state index in [1.54, 1.807) is 25.4 Å². The van der Waals surface area contributed by atoms with Crippen LogP contribution in [0.1, 0.15) is 29.6 Å². The van der Waals surface area contributed by atoms with E-state index in [4.69, 9.17) is 5.73 Å². The monoisotopic (exact) mass is 285 g/mol. The van der Waals surface area contributed by atoms with Crippen LogP contribution in [0.3, 0.4) is 0 Å². The van der Waals surface area contributed by atoms with Gasteiger partial charge in [-0.05, 0) is 37.4 Å². The quantitative estimate of drug-likeness (QED) is 0.857. The molecule has 1 aromatic heterocycles. The minimum atomic E-state index is -0.290. The van der Waals surface area contributed by atoms with Crippen LogP contribution in [0.15, 0.2) is 23.1 Å². The maximum atomic E-state index is 12.1. The van der Waals surface area contributed by atoms with Crippen LogP contribution in [0.5, 0.6) is 0 Å². The Balaban J connectivity index is 0.00000180. The van der Waals surface area contributed by atoms with Gasteiger partial charge in [-0.25, -0.2) is 0 Å². The molecule has 2 rings (SSSR count). The molecule has 0 aliphatic heterocycles. The van der Waals surface area contributed by atoms with Crippen LogP contribution in [-0.2, 0) is 7.05 Å². The Labute approximate surface area is 118 Å². The molecule has 5 nitrogen and oxygen atoms in total. The molecule has 2 unspecified atom stereocenters. The van der Waals surface area contributed by atoms with E-state index in [0.29, 0.717) is 12.5 Å². The van der Waals surface area contributed by atoms with Gasteiger partial charge in [0.25, 0.3) is 11.5 Å². The first-order valence-electron chi connectivity index (χ1n) is 6.30. The van der Waals surface area contributed by atoms with E-state index in [-0.39, 0.29) is 35.5 Å². The topological polar surface area (TPSA) is 77.1 Å². The normalized spacial score (nSPS) is 21.8. The lowest BCUT2D eigenvalue weighted by molar-refractivity contribution is 0.0926. The number of amides is 1. The van der Waals surface area contributed by atoms with Crippen molar-refractivity contribution in [2.24, 2.45) is 18.7 Å². The van der Waals surface area contributed by atoms with Crippen LogP contribution in [0, 0.1) is 5.92 Å². The summed E-state index contributed by atoms with van der Waals surface area (Å²) in [6, 6.07) is 3.36. The minimum Gasteiger partial charge on any atom is -0.349 e. The number of aryl methyl sites for hydroxylation is 1. The van der Waals surface area contributed by atoms with Crippen molar-refractivity contribution in [3.8, 4) is 0 Å². The third-order valence-electron chi connectivity index (χ3n) is 3.65. The Morgan fingerprint density at radius 2 is 2.26 bits per heavy atom. The molecule has 0 radical (unpaired) electrons. The molecule has 1 heterocycles. The molecule has 1 amide bonds. The number of nitrogens with zero attached hydrogens (tertiary/aromatic N) is 1. The highest BCUT2D eigenvalue weighted by atomic mass is 35.5. The van der Waals surface area contributed by atoms with Gasteiger partial charge >= 0.3 is 0 Å². The third-order valence-corrected chi connectivity index (χ3v) is 3.65. The molecule has 106 valence electrons. The predicted octanol–water partition coefficient (Wildman–Crippen LogP) is 0.664. The van der Waals surface area contributed by atoms with Crippen molar-refractivity contribution in [3.05, 3.63) is 34.2 Å². The molecule has 1 aromatic rings. The van der Waals surface area contributed by atoms with Crippen LogP contribution < -0.4 is 16.6 Å². The summed E-state index contributed by atoms with van der Waals surface area (Å²) in [5.74, 6) is 0.0445. The summed E-state index contributed by atoms with van der Waals surface area (Å²) in [6.07, 6.45) is 4.71. The Morgan fingerprint density at radius 1 is 1.53 bits per heavy atom. The predicted molar refractivity (Wildman–Crippen MR) is 76.6 cm³/mol. The Kier molecular flexibility index (Phi) is 5.57. The van der Waals surface area contributed by atoms with E-state index in [1.165, 1.54) is 4.57 Å². The number of carbonyl (C=O) groups excluding carboxylic acids is 1. The summed E-state index contributed by atoms with van der Waals surface area (Å²) in [6.45, 7) is 0.581. The first kappa shape index (κ1) is 15.7. The summed E-state index contributed by atoms with van der Waals surface area (Å²) in [4.78, 5) is 23.9. The van der Waals surface area contributed by atoms with Gasteiger partial charge in [0, 0.05) is 19.3 Å². The fourth-order valence-corrected chi connectivity index (χ4v) is 2.53. The van der Waals surface area contributed by atoms with Crippen LogP contribution in [-0.4, -0.2) is 23.1 Å². The first-order chi connectivity index (χ1) is 8.63. The third kappa shape index (κ3) is 3.36. The van der Waals surface area contributed by atoms with E-state index in [9.17, 15) is 9.59 Å². The molecule has 1 aliphatic carbocycles. The lowest BCUT2D eigenvalue weighted by atomic mass is 10.0. The number of aromatic nitrogens is 1. The highest BCUT2D eigenvalue weighted by Crippen LogP contribution is 2.24. The molecule has 1 saturated carbocycles. The maximum Gasteiger partial charge on any atom is 0.263 e. The number of rotatable bonds is 3. The van der Waals surface area contributed by atoms with Gasteiger partial charge in [-0.3, -0.25) is 9.59 Å². The number of nitrogens with one attached hydrogen (secondary N) is 1. The summed E-state index contributed by atoms with van der Waals surface area (Å²) in [7, 11) is 1.64. The summed E-state index contributed by atoms with van der Waals surface area (Å²) >= 11 is 0. The summed E-state index contributed by atoms with van der Waals surface area (Å²) < 4.78 is 1.41. The van der Waals surface area contributed by atoms with Crippen molar-refractivity contribution < 1.29 is 4.79 Å². The second-order valence-electron chi connectivity index (χ2n) is 4.84. The lowest BCUT2D eigenvalue weighted by Gasteiger charge is -2.19. The van der Waals surface area contributed by atoms with Crippen molar-refractivity contribution in [2.45, 2.75) is 25.3 Å². The molecule has 1 aliphatic rings. The summed E-state index contributed by atoms with van der Waals surface area (Å²) in [5.41, 5.74) is 5.61. The molecule has 1 fully saturated rings. The zero-order chi connectivity index (χ0) is 13.1. The van der Waals surface area contributed by atoms with Crippen LogP contribution >= 0.6 is 12.4 Å². The Bertz CT molecular complexity index is 501. The van der Waals surface area contributed by atoms with E-state index in [0.717, 1.165) is 19.3 Å². The van der Waals surface area contributed by atoms with Gasteiger partial charge in [0.15, 0.2) is 0 Å². The number of nitrogens with two attached hydrogens (primary N) is 1. The number of halogens is 1. The molecular weight excluding hydrogens is 266 g/mol. The largest absolute Gasteiger partial charge is 0.349 e. The maximum absolute atomic E-state index is 12.1.